The van der Waals surface area contributed by atoms with Crippen LogP contribution in [-0.2, 0) is 10.3 Å². The normalized spacial score (nSPS) is 17.8. The summed E-state index contributed by atoms with van der Waals surface area (Å²) in [5.41, 5.74) is 1.58. The molecular weight excluding hydrogens is 494 g/mol. The molecule has 3 aromatic rings. The number of pyridine rings is 1. The Hall–Kier alpha value is -3.46. The van der Waals surface area contributed by atoms with Gasteiger partial charge in [0.25, 0.3) is 5.91 Å². The Balaban J connectivity index is 1.30. The van der Waals surface area contributed by atoms with Gasteiger partial charge in [-0.15, -0.1) is 0 Å². The molecule has 0 radical (unpaired) electrons. The number of likely N-dealkylation sites (tertiary alicyclic amines) is 1. The van der Waals surface area contributed by atoms with Gasteiger partial charge < -0.3 is 20.1 Å². The summed E-state index contributed by atoms with van der Waals surface area (Å²) in [5, 5.41) is 19.6. The average Bonchev–Trinajstić information content (AvgIpc) is 3.23. The third-order valence-corrected chi connectivity index (χ3v) is 7.88. The maximum atomic E-state index is 12.9. The minimum atomic E-state index is -1.18. The summed E-state index contributed by atoms with van der Waals surface area (Å²) < 4.78 is 7.57. The highest BCUT2D eigenvalue weighted by atomic mass is 16.6. The van der Waals surface area contributed by atoms with Gasteiger partial charge >= 0.3 is 6.09 Å². The molecule has 0 bridgehead atoms. The summed E-state index contributed by atoms with van der Waals surface area (Å²) in [4.78, 5) is 31.5. The molecule has 9 nitrogen and oxygen atoms in total. The number of nitrogens with one attached hydrogen (secondary N) is 1. The molecule has 9 heteroatoms. The number of anilines is 1. The summed E-state index contributed by atoms with van der Waals surface area (Å²) in [5.74, 6) is -0.324. The van der Waals surface area contributed by atoms with Crippen molar-refractivity contribution >= 4 is 28.6 Å². The summed E-state index contributed by atoms with van der Waals surface area (Å²) in [6.07, 6.45) is 5.77. The zero-order chi connectivity index (χ0) is 28.2. The zero-order valence-electron chi connectivity index (χ0n) is 23.7. The lowest BCUT2D eigenvalue weighted by Gasteiger charge is -2.52. The molecule has 1 aliphatic heterocycles. The Bertz CT molecular complexity index is 1400. The first-order chi connectivity index (χ1) is 18.2. The highest BCUT2D eigenvalue weighted by Gasteiger charge is 2.47. The van der Waals surface area contributed by atoms with E-state index in [9.17, 15) is 14.7 Å². The predicted octanol–water partition coefficient (Wildman–Crippen LogP) is 5.57. The number of carbonyl (C=O) groups is 2. The van der Waals surface area contributed by atoms with Gasteiger partial charge in [-0.05, 0) is 96.9 Å². The molecule has 1 saturated heterocycles. The van der Waals surface area contributed by atoms with Crippen LogP contribution in [0.5, 0.6) is 0 Å². The van der Waals surface area contributed by atoms with Gasteiger partial charge in [-0.2, -0.15) is 5.10 Å². The maximum Gasteiger partial charge on any atom is 0.410 e. The molecule has 2 aliphatic rings. The Kier molecular flexibility index (Phi) is 6.69. The summed E-state index contributed by atoms with van der Waals surface area (Å²) in [7, 11) is 0. The lowest BCUT2D eigenvalue weighted by molar-refractivity contribution is -0.0257. The fourth-order valence-corrected chi connectivity index (χ4v) is 5.77. The van der Waals surface area contributed by atoms with Crippen LogP contribution in [-0.4, -0.2) is 55.5 Å². The number of piperidine rings is 1. The van der Waals surface area contributed by atoms with Gasteiger partial charge in [-0.25, -0.2) is 9.78 Å². The maximum absolute atomic E-state index is 12.9. The van der Waals surface area contributed by atoms with Crippen molar-refractivity contribution in [2.75, 3.05) is 18.4 Å². The van der Waals surface area contributed by atoms with Crippen molar-refractivity contribution in [2.24, 2.45) is 5.41 Å². The van der Waals surface area contributed by atoms with Crippen molar-refractivity contribution in [1.82, 2.24) is 19.7 Å². The fourth-order valence-electron chi connectivity index (χ4n) is 5.77. The number of ether oxygens (including phenoxy) is 1. The van der Waals surface area contributed by atoms with Gasteiger partial charge in [0.05, 0.1) is 17.2 Å². The molecule has 2 amide bonds. The second-order valence-electron chi connectivity index (χ2n) is 12.8. The minimum Gasteiger partial charge on any atom is -0.444 e. The number of rotatable bonds is 4. The SMILES string of the molecule is Cc1cccc(C(=O)Nc2cc3cn(C4CC5(CCN(C(=O)OC(C)(C)C)CC5)C4)nc3cc2C(C)(C)O)n1. The second-order valence-corrected chi connectivity index (χ2v) is 12.8. The minimum absolute atomic E-state index is 0.227. The number of hydrogen-bond acceptors (Lipinski definition) is 6. The molecular formula is C30H39N5O4. The number of amides is 2. The Labute approximate surface area is 229 Å². The third-order valence-electron chi connectivity index (χ3n) is 7.88. The molecule has 0 unspecified atom stereocenters. The van der Waals surface area contributed by atoms with E-state index >= 15 is 0 Å². The number of aliphatic hydroxyl groups is 1. The zero-order valence-corrected chi connectivity index (χ0v) is 23.7. The second kappa shape index (κ2) is 9.62. The van der Waals surface area contributed by atoms with Gasteiger partial charge in [0.15, 0.2) is 0 Å². The van der Waals surface area contributed by atoms with E-state index in [4.69, 9.17) is 9.84 Å². The lowest BCUT2D eigenvalue weighted by Crippen LogP contribution is -2.50. The smallest absolute Gasteiger partial charge is 0.410 e. The number of carbonyl (C=O) groups excluding carboxylic acids is 2. The largest absolute Gasteiger partial charge is 0.444 e. The molecule has 208 valence electrons. The molecule has 2 fully saturated rings. The summed E-state index contributed by atoms with van der Waals surface area (Å²) >= 11 is 0. The van der Waals surface area contributed by atoms with Crippen LogP contribution < -0.4 is 5.32 Å². The van der Waals surface area contributed by atoms with E-state index in [1.165, 1.54) is 0 Å². The number of nitrogens with zero attached hydrogens (tertiary/aromatic N) is 4. The van der Waals surface area contributed by atoms with Crippen molar-refractivity contribution in [3.8, 4) is 0 Å². The topological polar surface area (TPSA) is 110 Å². The Morgan fingerprint density at radius 1 is 1.10 bits per heavy atom. The Morgan fingerprint density at radius 3 is 2.41 bits per heavy atom. The fraction of sp³-hybridized carbons (Fsp3) is 0.533. The van der Waals surface area contributed by atoms with Crippen LogP contribution >= 0.6 is 0 Å². The van der Waals surface area contributed by atoms with Crippen LogP contribution in [0.1, 0.15) is 88.1 Å². The molecule has 0 atom stereocenters. The van der Waals surface area contributed by atoms with E-state index < -0.39 is 11.2 Å². The molecule has 1 aliphatic carbocycles. The summed E-state index contributed by atoms with van der Waals surface area (Å²) in [6, 6.07) is 9.34. The van der Waals surface area contributed by atoms with Crippen LogP contribution in [0.3, 0.4) is 0 Å². The highest BCUT2D eigenvalue weighted by molar-refractivity contribution is 6.04. The van der Waals surface area contributed by atoms with E-state index in [1.54, 1.807) is 26.0 Å². The van der Waals surface area contributed by atoms with Crippen LogP contribution in [0.25, 0.3) is 10.9 Å². The van der Waals surface area contributed by atoms with Crippen LogP contribution in [0, 0.1) is 12.3 Å². The van der Waals surface area contributed by atoms with Crippen molar-refractivity contribution in [1.29, 1.82) is 0 Å². The molecule has 39 heavy (non-hydrogen) atoms. The Morgan fingerprint density at radius 2 is 1.79 bits per heavy atom. The van der Waals surface area contributed by atoms with E-state index in [-0.39, 0.29) is 23.5 Å². The van der Waals surface area contributed by atoms with Crippen molar-refractivity contribution < 1.29 is 19.4 Å². The third kappa shape index (κ3) is 5.78. The predicted molar refractivity (Wildman–Crippen MR) is 150 cm³/mol. The number of aromatic nitrogens is 3. The molecule has 5 rings (SSSR count). The standard InChI is InChI=1S/C30H39N5O4/c1-19-8-7-9-23(31-19)26(36)32-25-14-20-18-35(33-24(20)15-22(25)29(5,6)38)21-16-30(17-21)10-12-34(13-11-30)27(37)39-28(2,3)4/h7-9,14-15,18,21,38H,10-13,16-17H2,1-6H3,(H,32,36). The average molecular weight is 534 g/mol. The number of aryl methyl sites for hydroxylation is 1. The van der Waals surface area contributed by atoms with Crippen LogP contribution in [0.15, 0.2) is 36.5 Å². The van der Waals surface area contributed by atoms with Crippen LogP contribution in [0.2, 0.25) is 0 Å². The van der Waals surface area contributed by atoms with Crippen molar-refractivity contribution in [3.05, 3.63) is 53.5 Å². The van der Waals surface area contributed by atoms with Crippen molar-refractivity contribution in [2.45, 2.75) is 84.5 Å². The van der Waals surface area contributed by atoms with Gasteiger partial charge in [0.2, 0.25) is 0 Å². The van der Waals surface area contributed by atoms with E-state index in [0.29, 0.717) is 16.9 Å². The number of fused-ring (bicyclic) bond motifs is 1. The van der Waals surface area contributed by atoms with Crippen molar-refractivity contribution in [3.63, 3.8) is 0 Å². The van der Waals surface area contributed by atoms with E-state index in [2.05, 4.69) is 10.3 Å². The lowest BCUT2D eigenvalue weighted by atomic mass is 9.60. The first kappa shape index (κ1) is 27.1. The molecule has 1 spiro atoms. The quantitative estimate of drug-likeness (QED) is 0.454. The monoisotopic (exact) mass is 533 g/mol. The first-order valence-electron chi connectivity index (χ1n) is 13.7. The van der Waals surface area contributed by atoms with E-state index in [1.807, 2.05) is 61.7 Å². The molecule has 2 N–H and O–H groups in total. The highest BCUT2D eigenvalue weighted by Crippen LogP contribution is 2.54. The first-order valence-corrected chi connectivity index (χ1v) is 13.7. The number of benzene rings is 1. The van der Waals surface area contributed by atoms with Gasteiger partial charge in [0.1, 0.15) is 11.3 Å². The molecule has 3 heterocycles. The van der Waals surface area contributed by atoms with Gasteiger partial charge in [-0.3, -0.25) is 9.48 Å². The van der Waals surface area contributed by atoms with Gasteiger partial charge in [0, 0.05) is 41.6 Å². The summed E-state index contributed by atoms with van der Waals surface area (Å²) in [6.45, 7) is 12.4. The number of hydrogen-bond donors (Lipinski definition) is 2. The molecule has 1 saturated carbocycles. The van der Waals surface area contributed by atoms with Gasteiger partial charge in [-0.1, -0.05) is 6.07 Å². The molecule has 2 aromatic heterocycles. The molecule has 1 aromatic carbocycles. The van der Waals surface area contributed by atoms with E-state index in [0.717, 1.165) is 55.4 Å². The van der Waals surface area contributed by atoms with Crippen LogP contribution in [0.4, 0.5) is 10.5 Å².